The average Bonchev–Trinajstić information content (AvgIpc) is 3.41. The lowest BCUT2D eigenvalue weighted by atomic mass is 9.88. The summed E-state index contributed by atoms with van der Waals surface area (Å²) in [4.78, 5) is 27.7. The van der Waals surface area contributed by atoms with Crippen molar-refractivity contribution in [3.05, 3.63) is 140 Å². The summed E-state index contributed by atoms with van der Waals surface area (Å²) in [6.07, 6.45) is 1.97. The summed E-state index contributed by atoms with van der Waals surface area (Å²) in [7, 11) is 1.81. The van der Waals surface area contributed by atoms with E-state index in [1.165, 1.54) is 11.3 Å². The summed E-state index contributed by atoms with van der Waals surface area (Å²) in [5, 5.41) is 15.6. The third kappa shape index (κ3) is 6.35. The maximum absolute atomic E-state index is 13.2. The van der Waals surface area contributed by atoms with Crippen LogP contribution in [0.2, 0.25) is 5.02 Å². The molecule has 8 heteroatoms. The minimum atomic E-state index is -1.22. The number of nitrogens with zero attached hydrogens (tertiary/aromatic N) is 1. The van der Waals surface area contributed by atoms with E-state index in [0.29, 0.717) is 16.8 Å². The number of thiophene rings is 1. The van der Waals surface area contributed by atoms with Gasteiger partial charge in [0.05, 0.1) is 18.6 Å². The number of ether oxygens (including phenoxy) is 1. The summed E-state index contributed by atoms with van der Waals surface area (Å²) in [6.45, 7) is 0.586. The van der Waals surface area contributed by atoms with Gasteiger partial charge in [-0.1, -0.05) is 84.4 Å². The summed E-state index contributed by atoms with van der Waals surface area (Å²) >= 11 is 7.36. The largest absolute Gasteiger partial charge is 0.382 e. The van der Waals surface area contributed by atoms with E-state index in [4.69, 9.17) is 16.3 Å². The molecular formula is C32H29ClN2O4S. The molecule has 0 saturated carbocycles. The number of fused-ring (bicyclic) bond motifs is 1. The smallest absolute Gasteiger partial charge is 0.257 e. The van der Waals surface area contributed by atoms with E-state index < -0.39 is 11.5 Å². The van der Waals surface area contributed by atoms with Crippen molar-refractivity contribution in [2.45, 2.75) is 25.2 Å². The molecule has 2 aromatic heterocycles. The third-order valence-electron chi connectivity index (χ3n) is 6.74. The van der Waals surface area contributed by atoms with Crippen molar-refractivity contribution in [1.29, 1.82) is 0 Å². The van der Waals surface area contributed by atoms with Crippen LogP contribution in [0.25, 0.3) is 10.2 Å². The van der Waals surface area contributed by atoms with E-state index in [1.807, 2.05) is 79.8 Å². The van der Waals surface area contributed by atoms with Crippen LogP contribution in [0.1, 0.15) is 31.9 Å². The Morgan fingerprint density at radius 1 is 1.00 bits per heavy atom. The lowest BCUT2D eigenvalue weighted by Gasteiger charge is -2.29. The Labute approximate surface area is 241 Å². The lowest BCUT2D eigenvalue weighted by molar-refractivity contribution is -0.0556. The Bertz CT molecular complexity index is 1670. The standard InChI is InChI=1S/C32H29ClN2O4S/c1-35-19-28(30(37)34-18-23-12-14-25(33)15-13-23)29(36)27-16-26(40-31(27)35)20-39-21-32(38,24-10-6-3-7-11-24)17-22-8-4-2-5-9-22/h2-16,19,38H,17-18,20-21H2,1H3,(H,34,37)/t32-/m1/s1. The molecule has 0 saturated heterocycles. The van der Waals surface area contributed by atoms with Gasteiger partial charge in [0.15, 0.2) is 0 Å². The number of hydrogen-bond acceptors (Lipinski definition) is 5. The van der Waals surface area contributed by atoms with Gasteiger partial charge in [0.2, 0.25) is 5.43 Å². The number of aliphatic hydroxyl groups is 1. The van der Waals surface area contributed by atoms with E-state index in [0.717, 1.165) is 26.4 Å². The van der Waals surface area contributed by atoms with E-state index in [2.05, 4.69) is 5.32 Å². The number of hydrogen-bond donors (Lipinski definition) is 2. The normalized spacial score (nSPS) is 12.8. The van der Waals surface area contributed by atoms with Gasteiger partial charge in [-0.05, 0) is 34.9 Å². The summed E-state index contributed by atoms with van der Waals surface area (Å²) < 4.78 is 7.84. The minimum Gasteiger partial charge on any atom is -0.382 e. The Kier molecular flexibility index (Phi) is 8.47. The summed E-state index contributed by atoms with van der Waals surface area (Å²) in [6, 6.07) is 28.3. The zero-order valence-electron chi connectivity index (χ0n) is 22.0. The topological polar surface area (TPSA) is 80.6 Å². The van der Waals surface area contributed by atoms with Crippen molar-refractivity contribution in [2.75, 3.05) is 6.61 Å². The highest BCUT2D eigenvalue weighted by molar-refractivity contribution is 7.18. The van der Waals surface area contributed by atoms with Gasteiger partial charge in [0.25, 0.3) is 5.91 Å². The van der Waals surface area contributed by atoms with Gasteiger partial charge in [-0.25, -0.2) is 0 Å². The molecule has 0 radical (unpaired) electrons. The van der Waals surface area contributed by atoms with Crippen LogP contribution in [-0.4, -0.2) is 22.2 Å². The second-order valence-corrected chi connectivity index (χ2v) is 11.3. The van der Waals surface area contributed by atoms with Crippen LogP contribution in [0.5, 0.6) is 0 Å². The summed E-state index contributed by atoms with van der Waals surface area (Å²) in [5.41, 5.74) is 1.20. The molecule has 5 aromatic rings. The molecule has 0 aliphatic rings. The van der Waals surface area contributed by atoms with Crippen LogP contribution >= 0.6 is 22.9 Å². The minimum absolute atomic E-state index is 0.0782. The van der Waals surface area contributed by atoms with E-state index in [-0.39, 0.29) is 30.8 Å². The SMILES string of the molecule is Cn1cc(C(=O)NCc2ccc(Cl)cc2)c(=O)c2cc(COC[C@](O)(Cc3ccccc3)c3ccccc3)sc21. The molecule has 0 unspecified atom stereocenters. The van der Waals surface area contributed by atoms with Gasteiger partial charge < -0.3 is 19.7 Å². The zero-order valence-corrected chi connectivity index (χ0v) is 23.5. The fourth-order valence-corrected chi connectivity index (χ4v) is 5.82. The van der Waals surface area contributed by atoms with Crippen LogP contribution < -0.4 is 10.7 Å². The van der Waals surface area contributed by atoms with Gasteiger partial charge in [-0.3, -0.25) is 9.59 Å². The molecule has 2 N–H and O–H groups in total. The molecule has 5 rings (SSSR count). The number of aryl methyl sites for hydroxylation is 1. The molecule has 40 heavy (non-hydrogen) atoms. The molecule has 1 atom stereocenters. The number of benzene rings is 3. The number of halogens is 1. The molecule has 0 bridgehead atoms. The van der Waals surface area contributed by atoms with Crippen molar-refractivity contribution in [3.8, 4) is 0 Å². The fraction of sp³-hybridized carbons (Fsp3) is 0.188. The van der Waals surface area contributed by atoms with Crippen LogP contribution in [0, 0.1) is 0 Å². The molecule has 6 nitrogen and oxygen atoms in total. The number of aromatic nitrogens is 1. The second kappa shape index (κ2) is 12.2. The number of nitrogens with one attached hydrogen (secondary N) is 1. The molecule has 2 heterocycles. The first kappa shape index (κ1) is 27.8. The van der Waals surface area contributed by atoms with Crippen molar-refractivity contribution in [3.63, 3.8) is 0 Å². The Hall–Kier alpha value is -3.75. The Morgan fingerprint density at radius 3 is 2.38 bits per heavy atom. The van der Waals surface area contributed by atoms with Gasteiger partial charge in [0, 0.05) is 36.1 Å². The monoisotopic (exact) mass is 572 g/mol. The number of carbonyl (C=O) groups is 1. The molecule has 1 amide bonds. The van der Waals surface area contributed by atoms with Crippen molar-refractivity contribution < 1.29 is 14.6 Å². The zero-order chi connectivity index (χ0) is 28.1. The van der Waals surface area contributed by atoms with Gasteiger partial charge in [0.1, 0.15) is 16.0 Å². The molecule has 204 valence electrons. The van der Waals surface area contributed by atoms with E-state index in [9.17, 15) is 14.7 Å². The molecule has 0 spiro atoms. The molecule has 3 aromatic carbocycles. The predicted octanol–water partition coefficient (Wildman–Crippen LogP) is 5.83. The summed E-state index contributed by atoms with van der Waals surface area (Å²) in [5.74, 6) is -0.435. The molecular weight excluding hydrogens is 544 g/mol. The van der Waals surface area contributed by atoms with E-state index >= 15 is 0 Å². The second-order valence-electron chi connectivity index (χ2n) is 9.78. The van der Waals surface area contributed by atoms with Crippen LogP contribution in [0.15, 0.2) is 102 Å². The highest BCUT2D eigenvalue weighted by atomic mass is 35.5. The number of carbonyl (C=O) groups excluding carboxylic acids is 1. The van der Waals surface area contributed by atoms with Crippen molar-refractivity contribution in [2.24, 2.45) is 7.05 Å². The quantitative estimate of drug-likeness (QED) is 0.221. The fourth-order valence-electron chi connectivity index (χ4n) is 4.66. The van der Waals surface area contributed by atoms with Gasteiger partial charge in [-0.2, -0.15) is 0 Å². The predicted molar refractivity (Wildman–Crippen MR) is 160 cm³/mol. The van der Waals surface area contributed by atoms with Crippen LogP contribution in [-0.2, 0) is 37.0 Å². The highest BCUT2D eigenvalue weighted by Crippen LogP contribution is 2.29. The first-order chi connectivity index (χ1) is 19.3. The molecule has 0 fully saturated rings. The van der Waals surface area contributed by atoms with Gasteiger partial charge in [-0.15, -0.1) is 11.3 Å². The third-order valence-corrected chi connectivity index (χ3v) is 8.19. The van der Waals surface area contributed by atoms with Crippen molar-refractivity contribution in [1.82, 2.24) is 9.88 Å². The van der Waals surface area contributed by atoms with E-state index in [1.54, 1.807) is 29.0 Å². The maximum atomic E-state index is 13.2. The number of amides is 1. The lowest BCUT2D eigenvalue weighted by Crippen LogP contribution is -2.34. The number of rotatable bonds is 10. The molecule has 0 aliphatic heterocycles. The van der Waals surface area contributed by atoms with Crippen LogP contribution in [0.4, 0.5) is 0 Å². The van der Waals surface area contributed by atoms with Crippen molar-refractivity contribution >= 4 is 39.1 Å². The Morgan fingerprint density at radius 2 is 1.68 bits per heavy atom. The van der Waals surface area contributed by atoms with Crippen LogP contribution in [0.3, 0.4) is 0 Å². The molecule has 0 aliphatic carbocycles. The maximum Gasteiger partial charge on any atom is 0.257 e. The Balaban J connectivity index is 1.31. The first-order valence-electron chi connectivity index (χ1n) is 12.9. The highest BCUT2D eigenvalue weighted by Gasteiger charge is 2.30. The van der Waals surface area contributed by atoms with Gasteiger partial charge >= 0.3 is 0 Å². The number of pyridine rings is 1. The first-order valence-corrected chi connectivity index (χ1v) is 14.1. The average molecular weight is 573 g/mol.